The predicted octanol–water partition coefficient (Wildman–Crippen LogP) is 5.38. The van der Waals surface area contributed by atoms with E-state index in [1.807, 2.05) is 40.3 Å². The highest BCUT2D eigenvalue weighted by molar-refractivity contribution is 7.99. The van der Waals surface area contributed by atoms with Crippen LogP contribution in [0.4, 0.5) is 10.8 Å². The number of aryl methyl sites for hydroxylation is 2. The quantitative estimate of drug-likeness (QED) is 0.314. The van der Waals surface area contributed by atoms with Crippen LogP contribution in [0.1, 0.15) is 23.9 Å². The second-order valence-electron chi connectivity index (χ2n) is 7.56. The summed E-state index contributed by atoms with van der Waals surface area (Å²) in [5.74, 6) is 0.963. The summed E-state index contributed by atoms with van der Waals surface area (Å²) in [6, 6.07) is 16.2. The number of carbonyl (C=O) groups is 1. The Balaban J connectivity index is 1.33. The Morgan fingerprint density at radius 3 is 2.70 bits per heavy atom. The fourth-order valence-electron chi connectivity index (χ4n) is 3.42. The monoisotopic (exact) mass is 478 g/mol. The van der Waals surface area contributed by atoms with Crippen molar-refractivity contribution in [3.8, 4) is 11.3 Å². The Labute approximate surface area is 201 Å². The number of anilines is 2. The number of thioether (sulfide) groups is 1. The lowest BCUT2D eigenvalue weighted by Crippen LogP contribution is -2.15. The van der Waals surface area contributed by atoms with Gasteiger partial charge in [-0.2, -0.15) is 0 Å². The third-order valence-electron chi connectivity index (χ3n) is 5.08. The van der Waals surface area contributed by atoms with Crippen molar-refractivity contribution < 1.29 is 4.79 Å². The Morgan fingerprint density at radius 2 is 1.94 bits per heavy atom. The van der Waals surface area contributed by atoms with E-state index in [9.17, 15) is 4.79 Å². The maximum atomic E-state index is 12.5. The lowest BCUT2D eigenvalue weighted by molar-refractivity contribution is -0.113. The molecule has 4 rings (SSSR count). The molecule has 0 fully saturated rings. The van der Waals surface area contributed by atoms with Gasteiger partial charge in [-0.3, -0.25) is 4.79 Å². The van der Waals surface area contributed by atoms with Gasteiger partial charge < -0.3 is 15.2 Å². The van der Waals surface area contributed by atoms with E-state index in [1.54, 1.807) is 0 Å². The summed E-state index contributed by atoms with van der Waals surface area (Å²) in [6.07, 6.45) is 0. The maximum absolute atomic E-state index is 12.5. The molecule has 0 spiro atoms. The van der Waals surface area contributed by atoms with Crippen molar-refractivity contribution in [2.75, 3.05) is 16.4 Å². The van der Waals surface area contributed by atoms with Crippen molar-refractivity contribution >= 4 is 39.8 Å². The fourth-order valence-corrected chi connectivity index (χ4v) is 4.98. The highest BCUT2D eigenvalue weighted by Gasteiger charge is 2.14. The minimum atomic E-state index is -0.116. The van der Waals surface area contributed by atoms with Gasteiger partial charge in [0.05, 0.1) is 18.0 Å². The number of aromatic nitrogens is 4. The number of hydrogen-bond donors (Lipinski definition) is 2. The first-order valence-electron chi connectivity index (χ1n) is 10.7. The molecule has 2 heterocycles. The van der Waals surface area contributed by atoms with Crippen LogP contribution in [0.3, 0.4) is 0 Å². The van der Waals surface area contributed by atoms with E-state index in [0.29, 0.717) is 11.7 Å². The van der Waals surface area contributed by atoms with Crippen LogP contribution in [-0.4, -0.2) is 31.4 Å². The zero-order valence-electron chi connectivity index (χ0n) is 18.8. The van der Waals surface area contributed by atoms with Gasteiger partial charge in [0.1, 0.15) is 0 Å². The number of thiazole rings is 1. The summed E-state index contributed by atoms with van der Waals surface area (Å²) in [5, 5.41) is 18.2. The molecule has 2 aromatic carbocycles. The van der Waals surface area contributed by atoms with Crippen molar-refractivity contribution in [2.24, 2.45) is 0 Å². The summed E-state index contributed by atoms with van der Waals surface area (Å²) in [5.41, 5.74) is 5.40. The zero-order chi connectivity index (χ0) is 23.2. The van der Waals surface area contributed by atoms with Crippen LogP contribution < -0.4 is 10.6 Å². The highest BCUT2D eigenvalue weighted by atomic mass is 32.2. The average Bonchev–Trinajstić information content (AvgIpc) is 3.44. The van der Waals surface area contributed by atoms with Crippen molar-refractivity contribution in [3.05, 3.63) is 70.9 Å². The normalized spacial score (nSPS) is 10.9. The van der Waals surface area contributed by atoms with E-state index in [-0.39, 0.29) is 11.7 Å². The van der Waals surface area contributed by atoms with Crippen LogP contribution in [0, 0.1) is 13.8 Å². The molecule has 0 aliphatic heterocycles. The topological polar surface area (TPSA) is 84.7 Å². The van der Waals surface area contributed by atoms with E-state index in [4.69, 9.17) is 0 Å². The molecule has 0 radical (unpaired) electrons. The lowest BCUT2D eigenvalue weighted by Gasteiger charge is -2.11. The SMILES string of the molecule is CCn1c(CNc2ccc(C)cc2C)nnc1SCC(=O)Nc1nc(-c2ccccc2)cs1. The van der Waals surface area contributed by atoms with E-state index < -0.39 is 0 Å². The largest absolute Gasteiger partial charge is 0.378 e. The number of rotatable bonds is 9. The number of nitrogens with zero attached hydrogens (tertiary/aromatic N) is 4. The molecule has 0 bridgehead atoms. The standard InChI is InChI=1S/C24H26N6OS2/c1-4-30-21(13-25-19-11-10-16(2)12-17(19)3)28-29-24(30)33-15-22(31)27-23-26-20(14-32-23)18-8-6-5-7-9-18/h5-12,14,25H,4,13,15H2,1-3H3,(H,26,27,31). The van der Waals surface area contributed by atoms with Gasteiger partial charge in [-0.15, -0.1) is 21.5 Å². The summed E-state index contributed by atoms with van der Waals surface area (Å²) < 4.78 is 2.03. The van der Waals surface area contributed by atoms with Gasteiger partial charge >= 0.3 is 0 Å². The molecule has 33 heavy (non-hydrogen) atoms. The van der Waals surface area contributed by atoms with E-state index in [1.165, 1.54) is 34.2 Å². The highest BCUT2D eigenvalue weighted by Crippen LogP contribution is 2.25. The summed E-state index contributed by atoms with van der Waals surface area (Å²) in [6.45, 7) is 7.52. The molecule has 9 heteroatoms. The molecule has 1 amide bonds. The lowest BCUT2D eigenvalue weighted by atomic mass is 10.1. The predicted molar refractivity (Wildman–Crippen MR) is 136 cm³/mol. The van der Waals surface area contributed by atoms with E-state index in [2.05, 4.69) is 64.8 Å². The van der Waals surface area contributed by atoms with Crippen LogP contribution in [0.25, 0.3) is 11.3 Å². The first kappa shape index (κ1) is 23.0. The van der Waals surface area contributed by atoms with Crippen LogP contribution in [0.5, 0.6) is 0 Å². The second kappa shape index (κ2) is 10.6. The molecular formula is C24H26N6OS2. The van der Waals surface area contributed by atoms with Gasteiger partial charge in [0.15, 0.2) is 16.1 Å². The smallest absolute Gasteiger partial charge is 0.236 e. The van der Waals surface area contributed by atoms with Crippen molar-refractivity contribution in [2.45, 2.75) is 39.0 Å². The van der Waals surface area contributed by atoms with Gasteiger partial charge in [0, 0.05) is 23.2 Å². The van der Waals surface area contributed by atoms with Gasteiger partial charge in [-0.25, -0.2) is 4.98 Å². The first-order chi connectivity index (χ1) is 16.0. The molecule has 170 valence electrons. The number of benzene rings is 2. The molecule has 7 nitrogen and oxygen atoms in total. The van der Waals surface area contributed by atoms with Crippen LogP contribution in [0.15, 0.2) is 59.1 Å². The van der Waals surface area contributed by atoms with Gasteiger partial charge in [-0.05, 0) is 32.4 Å². The third-order valence-corrected chi connectivity index (χ3v) is 6.81. The zero-order valence-corrected chi connectivity index (χ0v) is 20.5. The molecule has 4 aromatic rings. The molecule has 0 aliphatic carbocycles. The Hall–Kier alpha value is -3.17. The molecule has 0 saturated heterocycles. The third kappa shape index (κ3) is 5.80. The molecular weight excluding hydrogens is 452 g/mol. The molecule has 0 atom stereocenters. The van der Waals surface area contributed by atoms with Crippen LogP contribution in [0.2, 0.25) is 0 Å². The number of carbonyl (C=O) groups excluding carboxylic acids is 1. The van der Waals surface area contributed by atoms with E-state index in [0.717, 1.165) is 34.5 Å². The molecule has 0 unspecified atom stereocenters. The number of amides is 1. The average molecular weight is 479 g/mol. The summed E-state index contributed by atoms with van der Waals surface area (Å²) in [7, 11) is 0. The molecule has 0 aliphatic rings. The second-order valence-corrected chi connectivity index (χ2v) is 9.36. The number of hydrogen-bond acceptors (Lipinski definition) is 7. The van der Waals surface area contributed by atoms with Crippen LogP contribution in [-0.2, 0) is 17.9 Å². The summed E-state index contributed by atoms with van der Waals surface area (Å²) >= 11 is 2.80. The Morgan fingerprint density at radius 1 is 1.12 bits per heavy atom. The summed E-state index contributed by atoms with van der Waals surface area (Å²) in [4.78, 5) is 17.0. The fraction of sp³-hybridized carbons (Fsp3) is 0.250. The Kier molecular flexibility index (Phi) is 7.41. The Bertz CT molecular complexity index is 1230. The minimum Gasteiger partial charge on any atom is -0.378 e. The van der Waals surface area contributed by atoms with Crippen LogP contribution >= 0.6 is 23.1 Å². The van der Waals surface area contributed by atoms with Gasteiger partial charge in [-0.1, -0.05) is 59.8 Å². The number of nitrogens with one attached hydrogen (secondary N) is 2. The maximum Gasteiger partial charge on any atom is 0.236 e. The minimum absolute atomic E-state index is 0.116. The first-order valence-corrected chi connectivity index (χ1v) is 12.6. The van der Waals surface area contributed by atoms with Crippen molar-refractivity contribution in [3.63, 3.8) is 0 Å². The van der Waals surface area contributed by atoms with Gasteiger partial charge in [0.2, 0.25) is 5.91 Å². The van der Waals surface area contributed by atoms with Crippen molar-refractivity contribution in [1.82, 2.24) is 19.7 Å². The molecule has 2 aromatic heterocycles. The molecule has 0 saturated carbocycles. The van der Waals surface area contributed by atoms with Crippen molar-refractivity contribution in [1.29, 1.82) is 0 Å². The van der Waals surface area contributed by atoms with Gasteiger partial charge in [0.25, 0.3) is 0 Å². The van der Waals surface area contributed by atoms with E-state index >= 15 is 0 Å². The molecule has 2 N–H and O–H groups in total.